The molecule has 0 saturated heterocycles. The summed E-state index contributed by atoms with van der Waals surface area (Å²) in [5.74, 6) is 1.29. The Kier molecular flexibility index (Phi) is 4.57. The highest BCUT2D eigenvalue weighted by molar-refractivity contribution is 5.97. The standard InChI is InChI=1S/C14H23NO3/c1-6-14(5,7-8-16)15-13(17)12-9(2)10(3)18-11(12)4/h16H,6-8H2,1-5H3,(H,15,17). The first-order valence-electron chi connectivity index (χ1n) is 6.34. The van der Waals surface area contributed by atoms with Gasteiger partial charge in [-0.2, -0.15) is 0 Å². The topological polar surface area (TPSA) is 62.5 Å². The summed E-state index contributed by atoms with van der Waals surface area (Å²) in [6.07, 6.45) is 1.32. The molecule has 0 aliphatic rings. The van der Waals surface area contributed by atoms with Crippen molar-refractivity contribution < 1.29 is 14.3 Å². The lowest BCUT2D eigenvalue weighted by Crippen LogP contribution is -2.46. The van der Waals surface area contributed by atoms with Crippen molar-refractivity contribution in [1.82, 2.24) is 5.32 Å². The Balaban J connectivity index is 2.94. The Hall–Kier alpha value is -1.29. The van der Waals surface area contributed by atoms with Crippen LogP contribution in [0.4, 0.5) is 0 Å². The number of nitrogens with one attached hydrogen (secondary N) is 1. The van der Waals surface area contributed by atoms with Crippen LogP contribution in [0.3, 0.4) is 0 Å². The third-order valence-corrected chi connectivity index (χ3v) is 3.65. The van der Waals surface area contributed by atoms with E-state index in [4.69, 9.17) is 9.52 Å². The number of amides is 1. The van der Waals surface area contributed by atoms with Crippen molar-refractivity contribution >= 4 is 5.91 Å². The van der Waals surface area contributed by atoms with Crippen LogP contribution in [0.25, 0.3) is 0 Å². The molecule has 0 spiro atoms. The average Bonchev–Trinajstić information content (AvgIpc) is 2.53. The maximum atomic E-state index is 12.3. The fourth-order valence-corrected chi connectivity index (χ4v) is 2.04. The number of aliphatic hydroxyl groups excluding tert-OH is 1. The number of hydrogen-bond donors (Lipinski definition) is 2. The quantitative estimate of drug-likeness (QED) is 0.847. The second kappa shape index (κ2) is 5.57. The van der Waals surface area contributed by atoms with E-state index < -0.39 is 0 Å². The van der Waals surface area contributed by atoms with Crippen molar-refractivity contribution in [3.05, 3.63) is 22.6 Å². The van der Waals surface area contributed by atoms with Gasteiger partial charge in [0.1, 0.15) is 11.5 Å². The number of furan rings is 1. The molecule has 1 aromatic rings. The van der Waals surface area contributed by atoms with Gasteiger partial charge in [-0.3, -0.25) is 4.79 Å². The summed E-state index contributed by atoms with van der Waals surface area (Å²) in [4.78, 5) is 12.3. The van der Waals surface area contributed by atoms with Gasteiger partial charge in [0.25, 0.3) is 5.91 Å². The summed E-state index contributed by atoms with van der Waals surface area (Å²) < 4.78 is 5.46. The molecule has 18 heavy (non-hydrogen) atoms. The molecule has 0 aliphatic heterocycles. The second-order valence-corrected chi connectivity index (χ2v) is 5.06. The van der Waals surface area contributed by atoms with Crippen molar-refractivity contribution in [3.63, 3.8) is 0 Å². The van der Waals surface area contributed by atoms with Gasteiger partial charge in [-0.1, -0.05) is 6.92 Å². The lowest BCUT2D eigenvalue weighted by atomic mass is 9.94. The van der Waals surface area contributed by atoms with Crippen molar-refractivity contribution in [2.75, 3.05) is 6.61 Å². The molecule has 0 bridgehead atoms. The Labute approximate surface area is 108 Å². The maximum absolute atomic E-state index is 12.3. The summed E-state index contributed by atoms with van der Waals surface area (Å²) >= 11 is 0. The minimum Gasteiger partial charge on any atom is -0.466 e. The normalized spacial score (nSPS) is 14.3. The zero-order chi connectivity index (χ0) is 13.9. The summed E-state index contributed by atoms with van der Waals surface area (Å²) in [5.41, 5.74) is 1.12. The van der Waals surface area contributed by atoms with Crippen LogP contribution in [0.1, 0.15) is 54.1 Å². The van der Waals surface area contributed by atoms with Gasteiger partial charge in [0.2, 0.25) is 0 Å². The van der Waals surface area contributed by atoms with Gasteiger partial charge in [0, 0.05) is 17.7 Å². The van der Waals surface area contributed by atoms with Crippen LogP contribution >= 0.6 is 0 Å². The Morgan fingerprint density at radius 3 is 2.33 bits per heavy atom. The van der Waals surface area contributed by atoms with Crippen molar-refractivity contribution in [2.45, 2.75) is 53.0 Å². The van der Waals surface area contributed by atoms with Gasteiger partial charge in [-0.15, -0.1) is 0 Å². The number of hydrogen-bond acceptors (Lipinski definition) is 3. The molecule has 1 heterocycles. The number of aryl methyl sites for hydroxylation is 2. The van der Waals surface area contributed by atoms with Crippen LogP contribution in [0, 0.1) is 20.8 Å². The maximum Gasteiger partial charge on any atom is 0.255 e. The summed E-state index contributed by atoms with van der Waals surface area (Å²) in [5, 5.41) is 12.1. The highest BCUT2D eigenvalue weighted by atomic mass is 16.3. The van der Waals surface area contributed by atoms with E-state index in [0.717, 1.165) is 17.7 Å². The average molecular weight is 253 g/mol. The van der Waals surface area contributed by atoms with E-state index in [1.807, 2.05) is 27.7 Å². The fourth-order valence-electron chi connectivity index (χ4n) is 2.04. The van der Waals surface area contributed by atoms with Crippen LogP contribution in [-0.4, -0.2) is 23.2 Å². The molecular formula is C14H23NO3. The first-order valence-corrected chi connectivity index (χ1v) is 6.34. The second-order valence-electron chi connectivity index (χ2n) is 5.06. The van der Waals surface area contributed by atoms with E-state index in [9.17, 15) is 4.79 Å². The molecule has 0 aliphatic carbocycles. The predicted molar refractivity (Wildman–Crippen MR) is 70.8 cm³/mol. The monoisotopic (exact) mass is 253 g/mol. The Morgan fingerprint density at radius 1 is 1.33 bits per heavy atom. The van der Waals surface area contributed by atoms with E-state index in [-0.39, 0.29) is 18.1 Å². The predicted octanol–water partition coefficient (Wildman–Crippen LogP) is 2.49. The van der Waals surface area contributed by atoms with E-state index in [1.54, 1.807) is 6.92 Å². The van der Waals surface area contributed by atoms with Crippen molar-refractivity contribution in [2.24, 2.45) is 0 Å². The molecule has 1 aromatic heterocycles. The Morgan fingerprint density at radius 2 is 1.94 bits per heavy atom. The first kappa shape index (κ1) is 14.8. The van der Waals surface area contributed by atoms with Gasteiger partial charge in [0.05, 0.1) is 5.56 Å². The van der Waals surface area contributed by atoms with Crippen LogP contribution in [0.15, 0.2) is 4.42 Å². The molecule has 2 N–H and O–H groups in total. The van der Waals surface area contributed by atoms with Crippen LogP contribution in [-0.2, 0) is 0 Å². The molecule has 0 radical (unpaired) electrons. The highest BCUT2D eigenvalue weighted by Gasteiger charge is 2.27. The van der Waals surface area contributed by atoms with E-state index in [2.05, 4.69) is 5.32 Å². The molecule has 4 heteroatoms. The molecular weight excluding hydrogens is 230 g/mol. The lowest BCUT2D eigenvalue weighted by Gasteiger charge is -2.29. The highest BCUT2D eigenvalue weighted by Crippen LogP contribution is 2.22. The third kappa shape index (κ3) is 2.93. The molecule has 1 amide bonds. The molecule has 1 rings (SSSR count). The zero-order valence-corrected chi connectivity index (χ0v) is 11.9. The van der Waals surface area contributed by atoms with Crippen LogP contribution < -0.4 is 5.32 Å². The first-order chi connectivity index (χ1) is 8.34. The molecule has 102 valence electrons. The third-order valence-electron chi connectivity index (χ3n) is 3.65. The minimum absolute atomic E-state index is 0.0625. The van der Waals surface area contributed by atoms with Gasteiger partial charge in [0.15, 0.2) is 0 Å². The number of carbonyl (C=O) groups excluding carboxylic acids is 1. The van der Waals surface area contributed by atoms with Crippen molar-refractivity contribution in [3.8, 4) is 0 Å². The largest absolute Gasteiger partial charge is 0.466 e. The smallest absolute Gasteiger partial charge is 0.255 e. The SMILES string of the molecule is CCC(C)(CCO)NC(=O)c1c(C)oc(C)c1C. The molecule has 1 unspecified atom stereocenters. The molecule has 1 atom stereocenters. The van der Waals surface area contributed by atoms with E-state index in [0.29, 0.717) is 17.7 Å². The van der Waals surface area contributed by atoms with Gasteiger partial charge in [-0.25, -0.2) is 0 Å². The van der Waals surface area contributed by atoms with Crippen LogP contribution in [0.5, 0.6) is 0 Å². The van der Waals surface area contributed by atoms with Crippen LogP contribution in [0.2, 0.25) is 0 Å². The molecule has 0 aromatic carbocycles. The number of rotatable bonds is 5. The van der Waals surface area contributed by atoms with Gasteiger partial charge in [-0.05, 0) is 40.5 Å². The van der Waals surface area contributed by atoms with E-state index >= 15 is 0 Å². The number of aliphatic hydroxyl groups is 1. The zero-order valence-electron chi connectivity index (χ0n) is 11.9. The summed E-state index contributed by atoms with van der Waals surface area (Å²) in [6, 6.07) is 0. The van der Waals surface area contributed by atoms with Gasteiger partial charge >= 0.3 is 0 Å². The lowest BCUT2D eigenvalue weighted by molar-refractivity contribution is 0.0884. The number of carbonyl (C=O) groups is 1. The summed E-state index contributed by atoms with van der Waals surface area (Å²) in [6.45, 7) is 9.54. The molecule has 0 saturated carbocycles. The van der Waals surface area contributed by atoms with Gasteiger partial charge < -0.3 is 14.8 Å². The van der Waals surface area contributed by atoms with Crippen molar-refractivity contribution in [1.29, 1.82) is 0 Å². The molecule has 0 fully saturated rings. The Bertz CT molecular complexity index is 436. The van der Waals surface area contributed by atoms with E-state index in [1.165, 1.54) is 0 Å². The fraction of sp³-hybridized carbons (Fsp3) is 0.643. The molecule has 4 nitrogen and oxygen atoms in total. The minimum atomic E-state index is -0.379. The summed E-state index contributed by atoms with van der Waals surface area (Å²) in [7, 11) is 0.